The minimum Gasteiger partial charge on any atom is -0.495 e. The molecule has 0 spiro atoms. The Morgan fingerprint density at radius 1 is 1.17 bits per heavy atom. The van der Waals surface area contributed by atoms with Crippen molar-refractivity contribution in [3.63, 3.8) is 0 Å². The van der Waals surface area contributed by atoms with Crippen molar-refractivity contribution in [2.75, 3.05) is 7.11 Å². The van der Waals surface area contributed by atoms with E-state index in [1.54, 1.807) is 0 Å². The molecule has 0 bridgehead atoms. The van der Waals surface area contributed by atoms with E-state index in [4.69, 9.17) is 16.3 Å². The average Bonchev–Trinajstić information content (AvgIpc) is 2.54. The molecule has 0 amide bonds. The van der Waals surface area contributed by atoms with Crippen LogP contribution >= 0.6 is 11.6 Å². The summed E-state index contributed by atoms with van der Waals surface area (Å²) in [4.78, 5) is 0.111. The summed E-state index contributed by atoms with van der Waals surface area (Å²) in [5.74, 6) is 0.439. The molecule has 2 aromatic rings. The zero-order valence-electron chi connectivity index (χ0n) is 13.3. The van der Waals surface area contributed by atoms with E-state index in [1.807, 2.05) is 31.2 Å². The Morgan fingerprint density at radius 3 is 2.35 bits per heavy atom. The van der Waals surface area contributed by atoms with E-state index in [1.165, 1.54) is 30.9 Å². The third kappa shape index (κ3) is 4.25. The predicted octanol–water partition coefficient (Wildman–Crippen LogP) is 3.95. The summed E-state index contributed by atoms with van der Waals surface area (Å²) in [6.45, 7) is 3.89. The van der Waals surface area contributed by atoms with Gasteiger partial charge in [0.25, 0.3) is 0 Å². The van der Waals surface area contributed by atoms with Crippen LogP contribution in [0.15, 0.2) is 47.4 Å². The predicted molar refractivity (Wildman–Crippen MR) is 92.6 cm³/mol. The highest BCUT2D eigenvalue weighted by atomic mass is 35.5. The van der Waals surface area contributed by atoms with Crippen LogP contribution in [-0.2, 0) is 16.4 Å². The van der Waals surface area contributed by atoms with E-state index in [-0.39, 0.29) is 16.0 Å². The first kappa shape index (κ1) is 17.8. The molecule has 2 rings (SSSR count). The van der Waals surface area contributed by atoms with Crippen LogP contribution in [0.5, 0.6) is 5.75 Å². The van der Waals surface area contributed by atoms with Gasteiger partial charge in [0.2, 0.25) is 10.0 Å². The SMILES string of the molecule is CCc1ccc([C@H](C)NS(=O)(=O)c2ccc(OC)c(Cl)c2)cc1. The Hall–Kier alpha value is -1.56. The molecule has 1 atom stereocenters. The molecule has 0 aliphatic carbocycles. The van der Waals surface area contributed by atoms with Crippen LogP contribution in [0, 0.1) is 0 Å². The molecule has 0 heterocycles. The fourth-order valence-electron chi connectivity index (χ4n) is 2.23. The summed E-state index contributed by atoms with van der Waals surface area (Å²) in [7, 11) is -2.18. The quantitative estimate of drug-likeness (QED) is 0.855. The molecule has 0 fully saturated rings. The highest BCUT2D eigenvalue weighted by molar-refractivity contribution is 7.89. The largest absolute Gasteiger partial charge is 0.495 e. The van der Waals surface area contributed by atoms with Crippen LogP contribution in [0.4, 0.5) is 0 Å². The number of aryl methyl sites for hydroxylation is 1. The molecule has 6 heteroatoms. The third-order valence-corrected chi connectivity index (χ3v) is 5.49. The second-order valence-corrected chi connectivity index (χ2v) is 7.36. The van der Waals surface area contributed by atoms with Crippen molar-refractivity contribution < 1.29 is 13.2 Å². The van der Waals surface area contributed by atoms with Crippen molar-refractivity contribution >= 4 is 21.6 Å². The number of rotatable bonds is 6. The Morgan fingerprint density at radius 2 is 1.83 bits per heavy atom. The maximum Gasteiger partial charge on any atom is 0.241 e. The van der Waals surface area contributed by atoms with Crippen LogP contribution < -0.4 is 9.46 Å². The van der Waals surface area contributed by atoms with Crippen molar-refractivity contribution in [3.05, 3.63) is 58.6 Å². The van der Waals surface area contributed by atoms with E-state index in [0.717, 1.165) is 12.0 Å². The second-order valence-electron chi connectivity index (χ2n) is 5.23. The molecule has 0 aliphatic rings. The summed E-state index contributed by atoms with van der Waals surface area (Å²) in [5.41, 5.74) is 2.12. The van der Waals surface area contributed by atoms with Gasteiger partial charge in [0, 0.05) is 6.04 Å². The lowest BCUT2D eigenvalue weighted by Crippen LogP contribution is -2.26. The lowest BCUT2D eigenvalue weighted by molar-refractivity contribution is 0.414. The molecule has 2 aromatic carbocycles. The van der Waals surface area contributed by atoms with Crippen LogP contribution in [-0.4, -0.2) is 15.5 Å². The van der Waals surface area contributed by atoms with E-state index in [2.05, 4.69) is 11.6 Å². The monoisotopic (exact) mass is 353 g/mol. The topological polar surface area (TPSA) is 55.4 Å². The molecule has 0 aromatic heterocycles. The molecule has 124 valence electrons. The van der Waals surface area contributed by atoms with Crippen molar-refractivity contribution in [1.29, 1.82) is 0 Å². The Kier molecular flexibility index (Phi) is 5.68. The maximum absolute atomic E-state index is 12.5. The van der Waals surface area contributed by atoms with E-state index >= 15 is 0 Å². The zero-order valence-corrected chi connectivity index (χ0v) is 14.9. The van der Waals surface area contributed by atoms with Crippen LogP contribution in [0.2, 0.25) is 5.02 Å². The fourth-order valence-corrected chi connectivity index (χ4v) is 3.81. The van der Waals surface area contributed by atoms with Crippen molar-refractivity contribution in [2.45, 2.75) is 31.2 Å². The normalized spacial score (nSPS) is 12.9. The lowest BCUT2D eigenvalue weighted by Gasteiger charge is -2.15. The molecular weight excluding hydrogens is 334 g/mol. The van der Waals surface area contributed by atoms with Gasteiger partial charge in [-0.3, -0.25) is 0 Å². The van der Waals surface area contributed by atoms with Gasteiger partial charge >= 0.3 is 0 Å². The number of benzene rings is 2. The van der Waals surface area contributed by atoms with Crippen molar-refractivity contribution in [2.24, 2.45) is 0 Å². The molecular formula is C17H20ClNO3S. The molecule has 0 aliphatic heterocycles. The van der Waals surface area contributed by atoms with Gasteiger partial charge in [-0.1, -0.05) is 42.8 Å². The summed E-state index contributed by atoms with van der Waals surface area (Å²) in [6.07, 6.45) is 0.949. The standard InChI is InChI=1S/C17H20ClNO3S/c1-4-13-5-7-14(8-6-13)12(2)19-23(20,21)15-9-10-17(22-3)16(18)11-15/h5-12,19H,4H2,1-3H3/t12-/m0/s1. The van der Waals surface area contributed by atoms with Crippen molar-refractivity contribution in [3.8, 4) is 5.75 Å². The number of hydrogen-bond acceptors (Lipinski definition) is 3. The van der Waals surface area contributed by atoms with Gasteiger partial charge in [-0.15, -0.1) is 0 Å². The summed E-state index contributed by atoms with van der Waals surface area (Å²) in [6, 6.07) is 11.9. The Bertz CT molecular complexity index is 773. The van der Waals surface area contributed by atoms with E-state index < -0.39 is 10.0 Å². The van der Waals surface area contributed by atoms with Crippen LogP contribution in [0.1, 0.15) is 31.0 Å². The summed E-state index contributed by atoms with van der Waals surface area (Å²) >= 11 is 6.01. The highest BCUT2D eigenvalue weighted by Crippen LogP contribution is 2.27. The first-order chi connectivity index (χ1) is 10.9. The third-order valence-electron chi connectivity index (χ3n) is 3.65. The van der Waals surface area contributed by atoms with Gasteiger partial charge < -0.3 is 4.74 Å². The zero-order chi connectivity index (χ0) is 17.0. The number of methoxy groups -OCH3 is 1. The number of nitrogens with one attached hydrogen (secondary N) is 1. The average molecular weight is 354 g/mol. The first-order valence-corrected chi connectivity index (χ1v) is 9.18. The molecule has 23 heavy (non-hydrogen) atoms. The number of sulfonamides is 1. The minimum absolute atomic E-state index is 0.111. The number of ether oxygens (including phenoxy) is 1. The Labute approximate surface area is 142 Å². The maximum atomic E-state index is 12.5. The molecule has 1 N–H and O–H groups in total. The molecule has 0 unspecified atom stereocenters. The molecule has 0 saturated carbocycles. The minimum atomic E-state index is -3.66. The van der Waals surface area contributed by atoms with Gasteiger partial charge in [0.1, 0.15) is 5.75 Å². The summed E-state index contributed by atoms with van der Waals surface area (Å²) in [5, 5.41) is 0.260. The van der Waals surface area contributed by atoms with Gasteiger partial charge in [-0.25, -0.2) is 13.1 Å². The number of hydrogen-bond donors (Lipinski definition) is 1. The van der Waals surface area contributed by atoms with Gasteiger partial charge in [0.15, 0.2) is 0 Å². The highest BCUT2D eigenvalue weighted by Gasteiger charge is 2.19. The number of halogens is 1. The van der Waals surface area contributed by atoms with E-state index in [0.29, 0.717) is 5.75 Å². The molecule has 0 radical (unpaired) electrons. The van der Waals surface area contributed by atoms with Crippen molar-refractivity contribution in [1.82, 2.24) is 4.72 Å². The molecule has 4 nitrogen and oxygen atoms in total. The second kappa shape index (κ2) is 7.34. The first-order valence-electron chi connectivity index (χ1n) is 7.32. The summed E-state index contributed by atoms with van der Waals surface area (Å²) < 4.78 is 32.7. The lowest BCUT2D eigenvalue weighted by atomic mass is 10.1. The smallest absolute Gasteiger partial charge is 0.241 e. The molecule has 0 saturated heterocycles. The van der Waals surface area contributed by atoms with Crippen LogP contribution in [0.25, 0.3) is 0 Å². The van der Waals surface area contributed by atoms with Gasteiger partial charge in [-0.2, -0.15) is 0 Å². The van der Waals surface area contributed by atoms with Gasteiger partial charge in [-0.05, 0) is 42.7 Å². The Balaban J connectivity index is 2.21. The van der Waals surface area contributed by atoms with Gasteiger partial charge in [0.05, 0.1) is 17.0 Å². The van der Waals surface area contributed by atoms with Crippen LogP contribution in [0.3, 0.4) is 0 Å². The van der Waals surface area contributed by atoms with E-state index in [9.17, 15) is 8.42 Å². The fraction of sp³-hybridized carbons (Fsp3) is 0.294.